The lowest BCUT2D eigenvalue weighted by molar-refractivity contribution is -0.274. The van der Waals surface area contributed by atoms with Gasteiger partial charge >= 0.3 is 6.36 Å². The molecule has 0 unspecified atom stereocenters. The Balaban J connectivity index is 1.30. The number of alkyl halides is 3. The Morgan fingerprint density at radius 2 is 1.78 bits per heavy atom. The lowest BCUT2D eigenvalue weighted by atomic mass is 9.95. The van der Waals surface area contributed by atoms with Crippen molar-refractivity contribution in [1.29, 1.82) is 0 Å². The van der Waals surface area contributed by atoms with E-state index in [1.807, 2.05) is 6.07 Å². The van der Waals surface area contributed by atoms with Crippen LogP contribution in [-0.2, 0) is 29.0 Å². The molecule has 1 aromatic heterocycles. The van der Waals surface area contributed by atoms with Crippen LogP contribution in [0.3, 0.4) is 0 Å². The van der Waals surface area contributed by atoms with Gasteiger partial charge < -0.3 is 39.5 Å². The Labute approximate surface area is 279 Å². The fourth-order valence-electron chi connectivity index (χ4n) is 6.74. The number of aromatic amines is 1. The minimum absolute atomic E-state index is 0.169. The molecule has 2 heterocycles. The highest BCUT2D eigenvalue weighted by atomic mass is 19.4. The van der Waals surface area contributed by atoms with Crippen molar-refractivity contribution in [3.63, 3.8) is 0 Å². The molecule has 3 N–H and O–H groups in total. The van der Waals surface area contributed by atoms with Crippen molar-refractivity contribution in [2.45, 2.75) is 45.1 Å². The molecule has 14 heteroatoms. The van der Waals surface area contributed by atoms with E-state index in [2.05, 4.69) is 20.4 Å². The summed E-state index contributed by atoms with van der Waals surface area (Å²) in [6.07, 6.45) is -3.30. The van der Waals surface area contributed by atoms with Crippen molar-refractivity contribution in [2.75, 3.05) is 39.7 Å². The molecule has 2 amide bonds. The van der Waals surface area contributed by atoms with Gasteiger partial charge in [-0.25, -0.2) is 0 Å². The van der Waals surface area contributed by atoms with Crippen molar-refractivity contribution >= 4 is 28.4 Å². The Morgan fingerprint density at radius 1 is 1.00 bits per heavy atom. The molecule has 1 aliphatic heterocycles. The number of aryl methyl sites for hydroxylation is 1. The maximum Gasteiger partial charge on any atom is 0.573 e. The van der Waals surface area contributed by atoms with Crippen LogP contribution in [0.4, 0.5) is 18.9 Å². The van der Waals surface area contributed by atoms with Crippen LogP contribution in [0.1, 0.15) is 41.8 Å². The lowest BCUT2D eigenvalue weighted by Crippen LogP contribution is -2.39. The highest BCUT2D eigenvalue weighted by Crippen LogP contribution is 2.50. The summed E-state index contributed by atoms with van der Waals surface area (Å²) in [4.78, 5) is 44.1. The average molecular weight is 681 g/mol. The second-order valence-electron chi connectivity index (χ2n) is 11.9. The maximum atomic E-state index is 13.6. The van der Waals surface area contributed by atoms with Gasteiger partial charge in [0.15, 0.2) is 11.5 Å². The van der Waals surface area contributed by atoms with Crippen LogP contribution >= 0.6 is 0 Å². The Kier molecular flexibility index (Phi) is 9.06. The molecular formula is C35H35F3N4O7. The second-order valence-corrected chi connectivity index (χ2v) is 11.9. The highest BCUT2D eigenvalue weighted by molar-refractivity contribution is 5.88. The lowest BCUT2D eigenvalue weighted by Gasteiger charge is -2.27. The highest BCUT2D eigenvalue weighted by Gasteiger charge is 2.32. The summed E-state index contributed by atoms with van der Waals surface area (Å²) in [6, 6.07) is 10.3. The van der Waals surface area contributed by atoms with Gasteiger partial charge in [-0.15, -0.1) is 13.2 Å². The quantitative estimate of drug-likeness (QED) is 0.231. The van der Waals surface area contributed by atoms with Gasteiger partial charge in [0.2, 0.25) is 23.0 Å². The number of nitrogens with zero attached hydrogens (tertiary/aromatic N) is 1. The normalized spacial score (nSPS) is 15.3. The van der Waals surface area contributed by atoms with Crippen LogP contribution in [0.25, 0.3) is 22.0 Å². The second kappa shape index (κ2) is 13.2. The van der Waals surface area contributed by atoms with E-state index in [0.29, 0.717) is 76.2 Å². The zero-order valence-corrected chi connectivity index (χ0v) is 27.3. The van der Waals surface area contributed by atoms with E-state index in [1.54, 1.807) is 17.0 Å². The van der Waals surface area contributed by atoms with E-state index in [0.717, 1.165) is 11.3 Å². The number of rotatable bonds is 8. The molecule has 6 rings (SSSR count). The van der Waals surface area contributed by atoms with Crippen LogP contribution in [0.15, 0.2) is 47.3 Å². The smallest absolute Gasteiger partial charge is 0.493 e. The van der Waals surface area contributed by atoms with Crippen LogP contribution in [0, 0.1) is 0 Å². The van der Waals surface area contributed by atoms with Gasteiger partial charge in [0.05, 0.1) is 39.6 Å². The third kappa shape index (κ3) is 6.67. The van der Waals surface area contributed by atoms with Crippen LogP contribution in [0.5, 0.6) is 23.0 Å². The predicted octanol–water partition coefficient (Wildman–Crippen LogP) is 5.24. The number of amides is 2. The number of nitrogens with one attached hydrogen (secondary N) is 3. The standard InChI is InChI=1S/C35H35F3N4O7/c1-18(43)40-25-8-5-19-13-30(46-2)33(47-3)34(48-4)32(19)21-7-10-28(29(44)15-23(21)25)39-16-31(45)42-12-11-27-24(17-42)22-14-20(49-35(36,37)38)6-9-26(22)41-27/h6-7,9-10,13-15,25,41H,5,8,11-12,16-17H2,1-4H3,(H,39,44)(H,40,43)/t25-/m0/s1. The minimum Gasteiger partial charge on any atom is -0.493 e. The van der Waals surface area contributed by atoms with E-state index in [1.165, 1.54) is 52.5 Å². The molecule has 2 aliphatic rings. The van der Waals surface area contributed by atoms with Gasteiger partial charge in [-0.1, -0.05) is 6.07 Å². The first kappa shape index (κ1) is 33.5. The first-order valence-corrected chi connectivity index (χ1v) is 15.6. The average Bonchev–Trinajstić information content (AvgIpc) is 3.25. The zero-order chi connectivity index (χ0) is 35.0. The molecule has 258 valence electrons. The number of anilines is 1. The number of halogens is 3. The molecule has 0 spiro atoms. The van der Waals surface area contributed by atoms with Gasteiger partial charge in [0.25, 0.3) is 0 Å². The fourth-order valence-corrected chi connectivity index (χ4v) is 6.74. The van der Waals surface area contributed by atoms with Gasteiger partial charge in [-0.2, -0.15) is 0 Å². The van der Waals surface area contributed by atoms with Gasteiger partial charge in [0.1, 0.15) is 5.75 Å². The SMILES string of the molecule is COc1cc2c(c(OC)c1OC)-c1ccc(NCC(=O)N3CCc4[nH]c5ccc(OC(F)(F)F)cc5c4C3)c(=O)cc1[C@@H](NC(C)=O)CC2. The Hall–Kier alpha value is -5.40. The topological polar surface area (TPSA) is 131 Å². The van der Waals surface area contributed by atoms with E-state index in [4.69, 9.17) is 14.2 Å². The first-order chi connectivity index (χ1) is 23.4. The minimum atomic E-state index is -4.83. The van der Waals surface area contributed by atoms with Gasteiger partial charge in [0, 0.05) is 54.2 Å². The van der Waals surface area contributed by atoms with Gasteiger partial charge in [-0.05, 0) is 65.9 Å². The number of methoxy groups -OCH3 is 3. The number of carbonyl (C=O) groups excluding carboxylic acids is 2. The molecule has 1 aliphatic carbocycles. The molecule has 11 nitrogen and oxygen atoms in total. The van der Waals surface area contributed by atoms with Crippen molar-refractivity contribution in [1.82, 2.24) is 15.2 Å². The molecule has 49 heavy (non-hydrogen) atoms. The van der Waals surface area contributed by atoms with Crippen LogP contribution < -0.4 is 35.0 Å². The Morgan fingerprint density at radius 3 is 2.47 bits per heavy atom. The maximum absolute atomic E-state index is 13.6. The third-order valence-corrected chi connectivity index (χ3v) is 8.88. The number of hydrogen-bond donors (Lipinski definition) is 3. The number of ether oxygens (including phenoxy) is 4. The van der Waals surface area contributed by atoms with Gasteiger partial charge in [-0.3, -0.25) is 14.4 Å². The summed E-state index contributed by atoms with van der Waals surface area (Å²) >= 11 is 0. The largest absolute Gasteiger partial charge is 0.573 e. The molecule has 0 bridgehead atoms. The number of fused-ring (bicyclic) bond motifs is 6. The summed E-state index contributed by atoms with van der Waals surface area (Å²) in [6.45, 7) is 1.77. The van der Waals surface area contributed by atoms with Crippen molar-refractivity contribution < 1.29 is 41.7 Å². The summed E-state index contributed by atoms with van der Waals surface area (Å²) in [5, 5.41) is 6.49. The zero-order valence-electron chi connectivity index (χ0n) is 27.3. The number of hydrogen-bond acceptors (Lipinski definition) is 8. The molecule has 0 fully saturated rings. The van der Waals surface area contributed by atoms with E-state index >= 15 is 0 Å². The number of carbonyl (C=O) groups is 2. The predicted molar refractivity (Wildman–Crippen MR) is 175 cm³/mol. The molecule has 1 atom stereocenters. The van der Waals surface area contributed by atoms with Crippen LogP contribution in [-0.4, -0.2) is 62.5 Å². The molecule has 3 aromatic carbocycles. The molecule has 0 saturated carbocycles. The summed E-state index contributed by atoms with van der Waals surface area (Å²) < 4.78 is 59.7. The summed E-state index contributed by atoms with van der Waals surface area (Å²) in [7, 11) is 4.55. The summed E-state index contributed by atoms with van der Waals surface area (Å²) in [5.41, 5.74) is 4.80. The molecular weight excluding hydrogens is 645 g/mol. The molecule has 0 saturated heterocycles. The van der Waals surface area contributed by atoms with Crippen molar-refractivity contribution in [3.8, 4) is 34.1 Å². The van der Waals surface area contributed by atoms with E-state index in [9.17, 15) is 27.6 Å². The fraction of sp³-hybridized carbons (Fsp3) is 0.343. The third-order valence-electron chi connectivity index (χ3n) is 8.88. The van der Waals surface area contributed by atoms with Crippen LogP contribution in [0.2, 0.25) is 0 Å². The monoisotopic (exact) mass is 680 g/mol. The van der Waals surface area contributed by atoms with E-state index in [-0.39, 0.29) is 41.8 Å². The number of aromatic nitrogens is 1. The van der Waals surface area contributed by atoms with Crippen molar-refractivity contribution in [3.05, 3.63) is 75.1 Å². The van der Waals surface area contributed by atoms with E-state index < -0.39 is 12.4 Å². The summed E-state index contributed by atoms with van der Waals surface area (Å²) in [5.74, 6) is 0.393. The van der Waals surface area contributed by atoms with Crippen molar-refractivity contribution in [2.24, 2.45) is 0 Å². The molecule has 0 radical (unpaired) electrons. The number of benzene rings is 2. The number of H-pyrrole nitrogens is 1. The Bertz CT molecular complexity index is 2010. The molecule has 4 aromatic rings. The first-order valence-electron chi connectivity index (χ1n) is 15.6.